The summed E-state index contributed by atoms with van der Waals surface area (Å²) in [4.78, 5) is 25.1. The highest BCUT2D eigenvalue weighted by molar-refractivity contribution is 7.92. The molecule has 3 N–H and O–H groups in total. The molecule has 0 aliphatic rings. The largest absolute Gasteiger partial charge is 0.480 e. The van der Waals surface area contributed by atoms with E-state index in [9.17, 15) is 22.0 Å². The molecule has 0 saturated carbocycles. The molecular weight excluding hydrogens is 384 g/mol. The van der Waals surface area contributed by atoms with Gasteiger partial charge >= 0.3 is 5.97 Å². The number of nitrogens with zero attached hydrogens (tertiary/aromatic N) is 3. The lowest BCUT2D eigenvalue weighted by Gasteiger charge is -2.08. The number of carboxylic acids is 1. The smallest absolute Gasteiger partial charge is 0.318 e. The molecule has 0 radical (unpaired) electrons. The molecule has 0 spiro atoms. The van der Waals surface area contributed by atoms with Gasteiger partial charge in [-0.05, 0) is 6.07 Å². The first-order valence-corrected chi connectivity index (χ1v) is 9.39. The van der Waals surface area contributed by atoms with Gasteiger partial charge in [0.1, 0.15) is 17.2 Å². The molecular formula is C15H13F2N5O4S. The number of aromatic nitrogens is 4. The summed E-state index contributed by atoms with van der Waals surface area (Å²) in [6, 6.07) is 1.23. The summed E-state index contributed by atoms with van der Waals surface area (Å²) >= 11 is 0. The van der Waals surface area contributed by atoms with Gasteiger partial charge in [0, 0.05) is 23.7 Å². The standard InChI is InChI=1S/C15H13F2N5O4S/c16-8-3-9-10(5-20-13(9)19-4-8)14-21-6-11(17)15(22-14)18-1-2-27(25,26)7-12(23)24/h3-6H,1-2,7H2,(H,19,20)(H,23,24)(H,18,21,22). The van der Waals surface area contributed by atoms with Crippen molar-refractivity contribution in [3.63, 3.8) is 0 Å². The van der Waals surface area contributed by atoms with Gasteiger partial charge in [0.15, 0.2) is 27.3 Å². The predicted octanol–water partition coefficient (Wildman–Crippen LogP) is 1.21. The molecule has 0 fully saturated rings. The van der Waals surface area contributed by atoms with Gasteiger partial charge in [-0.1, -0.05) is 0 Å². The maximum absolute atomic E-state index is 13.9. The highest BCUT2D eigenvalue weighted by Crippen LogP contribution is 2.26. The number of rotatable bonds is 7. The van der Waals surface area contributed by atoms with E-state index in [0.29, 0.717) is 16.6 Å². The maximum Gasteiger partial charge on any atom is 0.318 e. The van der Waals surface area contributed by atoms with Crippen molar-refractivity contribution < 1.29 is 27.1 Å². The van der Waals surface area contributed by atoms with Crippen LogP contribution in [-0.4, -0.2) is 57.5 Å². The van der Waals surface area contributed by atoms with Crippen molar-refractivity contribution in [2.75, 3.05) is 23.4 Å². The van der Waals surface area contributed by atoms with Gasteiger partial charge in [-0.2, -0.15) is 0 Å². The number of carbonyl (C=O) groups is 1. The highest BCUT2D eigenvalue weighted by Gasteiger charge is 2.17. The van der Waals surface area contributed by atoms with Gasteiger partial charge in [0.25, 0.3) is 0 Å². The molecule has 0 saturated heterocycles. The van der Waals surface area contributed by atoms with Crippen LogP contribution >= 0.6 is 0 Å². The quantitative estimate of drug-likeness (QED) is 0.541. The average Bonchev–Trinajstić information content (AvgIpc) is 2.98. The normalized spacial score (nSPS) is 11.6. The van der Waals surface area contributed by atoms with Crippen molar-refractivity contribution in [3.8, 4) is 11.4 Å². The zero-order valence-electron chi connectivity index (χ0n) is 13.6. The number of carboxylic acid groups (broad SMARTS) is 1. The lowest BCUT2D eigenvalue weighted by Crippen LogP contribution is -2.23. The molecule has 12 heteroatoms. The molecule has 27 heavy (non-hydrogen) atoms. The molecule has 3 aromatic rings. The third kappa shape index (κ3) is 4.34. The van der Waals surface area contributed by atoms with Crippen LogP contribution in [0.5, 0.6) is 0 Å². The number of hydrogen-bond acceptors (Lipinski definition) is 7. The number of sulfone groups is 1. The molecule has 3 heterocycles. The first-order chi connectivity index (χ1) is 12.7. The van der Waals surface area contributed by atoms with Crippen LogP contribution < -0.4 is 5.32 Å². The van der Waals surface area contributed by atoms with Crippen molar-refractivity contribution >= 4 is 32.7 Å². The zero-order chi connectivity index (χ0) is 19.6. The number of aliphatic carboxylic acids is 1. The number of fused-ring (bicyclic) bond motifs is 1. The van der Waals surface area contributed by atoms with Gasteiger partial charge in [-0.15, -0.1) is 0 Å². The molecule has 0 atom stereocenters. The average molecular weight is 397 g/mol. The highest BCUT2D eigenvalue weighted by atomic mass is 32.2. The Kier molecular flexibility index (Phi) is 4.99. The molecule has 0 amide bonds. The van der Waals surface area contributed by atoms with Crippen molar-refractivity contribution in [2.45, 2.75) is 0 Å². The summed E-state index contributed by atoms with van der Waals surface area (Å²) in [5.74, 6) is -4.56. The summed E-state index contributed by atoms with van der Waals surface area (Å²) in [7, 11) is -3.83. The fourth-order valence-electron chi connectivity index (χ4n) is 2.37. The molecule has 142 valence electrons. The van der Waals surface area contributed by atoms with Crippen molar-refractivity contribution in [2.24, 2.45) is 0 Å². The van der Waals surface area contributed by atoms with E-state index < -0.39 is 38.9 Å². The van der Waals surface area contributed by atoms with Crippen LogP contribution in [0.25, 0.3) is 22.4 Å². The summed E-state index contributed by atoms with van der Waals surface area (Å²) < 4.78 is 50.5. The van der Waals surface area contributed by atoms with Crippen LogP contribution in [-0.2, 0) is 14.6 Å². The van der Waals surface area contributed by atoms with E-state index in [-0.39, 0.29) is 18.2 Å². The number of nitrogens with one attached hydrogen (secondary N) is 2. The Labute approximate surface area is 151 Å². The van der Waals surface area contributed by atoms with E-state index in [1.807, 2.05) is 0 Å². The number of pyridine rings is 1. The summed E-state index contributed by atoms with van der Waals surface area (Å²) in [5, 5.41) is 11.4. The van der Waals surface area contributed by atoms with E-state index in [1.54, 1.807) is 0 Å². The summed E-state index contributed by atoms with van der Waals surface area (Å²) in [6.07, 6.45) is 3.42. The Hall–Kier alpha value is -3.15. The Bertz CT molecular complexity index is 1120. The van der Waals surface area contributed by atoms with Gasteiger partial charge in [-0.3, -0.25) is 4.79 Å². The Morgan fingerprint density at radius 1 is 1.26 bits per heavy atom. The van der Waals surface area contributed by atoms with Gasteiger partial charge in [0.2, 0.25) is 0 Å². The van der Waals surface area contributed by atoms with E-state index >= 15 is 0 Å². The third-order valence-electron chi connectivity index (χ3n) is 3.53. The van der Waals surface area contributed by atoms with Crippen LogP contribution in [0, 0.1) is 11.6 Å². The molecule has 0 aromatic carbocycles. The van der Waals surface area contributed by atoms with Gasteiger partial charge in [-0.25, -0.2) is 32.2 Å². The molecule has 0 aliphatic carbocycles. The van der Waals surface area contributed by atoms with Gasteiger partial charge < -0.3 is 15.4 Å². The number of hydrogen-bond donors (Lipinski definition) is 3. The van der Waals surface area contributed by atoms with Crippen molar-refractivity contribution in [3.05, 3.63) is 36.3 Å². The minimum atomic E-state index is -3.83. The van der Waals surface area contributed by atoms with Crippen LogP contribution in [0.4, 0.5) is 14.6 Å². The number of aromatic amines is 1. The second-order valence-corrected chi connectivity index (χ2v) is 7.74. The zero-order valence-corrected chi connectivity index (χ0v) is 14.4. The van der Waals surface area contributed by atoms with Crippen LogP contribution in [0.1, 0.15) is 0 Å². The molecule has 0 unspecified atom stereocenters. The number of anilines is 1. The molecule has 3 aromatic heterocycles. The topological polar surface area (TPSA) is 138 Å². The maximum atomic E-state index is 13.9. The first-order valence-electron chi connectivity index (χ1n) is 7.57. The lowest BCUT2D eigenvalue weighted by atomic mass is 10.2. The van der Waals surface area contributed by atoms with Crippen molar-refractivity contribution in [1.29, 1.82) is 0 Å². The van der Waals surface area contributed by atoms with Crippen LogP contribution in [0.2, 0.25) is 0 Å². The molecule has 0 bridgehead atoms. The second-order valence-electron chi connectivity index (χ2n) is 5.55. The summed E-state index contributed by atoms with van der Waals surface area (Å²) in [6.45, 7) is -0.243. The minimum absolute atomic E-state index is 0.0749. The first kappa shape index (κ1) is 18.6. The summed E-state index contributed by atoms with van der Waals surface area (Å²) in [5.41, 5.74) is 0.784. The van der Waals surface area contributed by atoms with Gasteiger partial charge in [0.05, 0.1) is 18.1 Å². The third-order valence-corrected chi connectivity index (χ3v) is 5.04. The Morgan fingerprint density at radius 2 is 2.04 bits per heavy atom. The van der Waals surface area contributed by atoms with E-state index in [1.165, 1.54) is 12.3 Å². The van der Waals surface area contributed by atoms with E-state index in [4.69, 9.17) is 5.11 Å². The second kappa shape index (κ2) is 7.23. The van der Waals surface area contributed by atoms with Crippen molar-refractivity contribution in [1.82, 2.24) is 19.9 Å². The van der Waals surface area contributed by atoms with E-state index in [2.05, 4.69) is 25.3 Å². The molecule has 3 rings (SSSR count). The number of H-pyrrole nitrogens is 1. The Balaban J connectivity index is 1.82. The molecule has 9 nitrogen and oxygen atoms in total. The predicted molar refractivity (Wildman–Crippen MR) is 91.8 cm³/mol. The van der Waals surface area contributed by atoms with Crippen LogP contribution in [0.3, 0.4) is 0 Å². The Morgan fingerprint density at radius 3 is 2.78 bits per heavy atom. The van der Waals surface area contributed by atoms with E-state index in [0.717, 1.165) is 12.4 Å². The number of halogens is 2. The minimum Gasteiger partial charge on any atom is -0.480 e. The lowest BCUT2D eigenvalue weighted by molar-refractivity contribution is -0.134. The van der Waals surface area contributed by atoms with Crippen LogP contribution in [0.15, 0.2) is 24.7 Å². The SMILES string of the molecule is O=C(O)CS(=O)(=O)CCNc1nc(-c2c[nH]c3ncc(F)cc23)ncc1F. The molecule has 0 aliphatic heterocycles. The fourth-order valence-corrected chi connectivity index (χ4v) is 3.30. The monoisotopic (exact) mass is 397 g/mol. The fraction of sp³-hybridized carbons (Fsp3) is 0.200.